The molecule has 1 saturated carbocycles. The van der Waals surface area contributed by atoms with Crippen LogP contribution < -0.4 is 11.1 Å². The summed E-state index contributed by atoms with van der Waals surface area (Å²) in [6.45, 7) is 0.445. The molecule has 2 aromatic heterocycles. The Hall–Kier alpha value is -2.29. The van der Waals surface area contributed by atoms with Gasteiger partial charge in [-0.25, -0.2) is 0 Å². The fraction of sp³-hybridized carbons (Fsp3) is 0.556. The number of primary amides is 1. The van der Waals surface area contributed by atoms with Crippen LogP contribution in [0.5, 0.6) is 0 Å². The minimum Gasteiger partial charge on any atom is -0.467 e. The Morgan fingerprint density at radius 3 is 2.81 bits per heavy atom. The van der Waals surface area contributed by atoms with Gasteiger partial charge in [0.15, 0.2) is 5.16 Å². The van der Waals surface area contributed by atoms with E-state index in [9.17, 15) is 9.59 Å². The van der Waals surface area contributed by atoms with Gasteiger partial charge in [0.25, 0.3) is 0 Å². The molecule has 1 fully saturated rings. The molecule has 0 saturated heterocycles. The number of thioether (sulfide) groups is 1. The lowest BCUT2D eigenvalue weighted by molar-refractivity contribution is -0.119. The molecule has 0 aromatic carbocycles. The summed E-state index contributed by atoms with van der Waals surface area (Å²) in [5.74, 6) is 1.31. The van der Waals surface area contributed by atoms with Gasteiger partial charge in [-0.05, 0) is 25.0 Å². The van der Waals surface area contributed by atoms with Crippen LogP contribution in [0.2, 0.25) is 0 Å². The Morgan fingerprint density at radius 2 is 2.11 bits per heavy atom. The number of carbonyl (C=O) groups excluding carboxylic acids is 2. The molecule has 0 aliphatic heterocycles. The first-order valence-corrected chi connectivity index (χ1v) is 10.3. The van der Waals surface area contributed by atoms with Gasteiger partial charge in [0, 0.05) is 18.9 Å². The Kier molecular flexibility index (Phi) is 6.92. The van der Waals surface area contributed by atoms with E-state index in [0.717, 1.165) is 18.6 Å². The molecule has 0 radical (unpaired) electrons. The van der Waals surface area contributed by atoms with Gasteiger partial charge in [-0.3, -0.25) is 14.2 Å². The van der Waals surface area contributed by atoms with Crippen molar-refractivity contribution in [3.8, 4) is 0 Å². The summed E-state index contributed by atoms with van der Waals surface area (Å²) in [6.07, 6.45) is 7.93. The molecular formula is C18H25N5O3S. The molecule has 2 amide bonds. The molecule has 0 bridgehead atoms. The third kappa shape index (κ3) is 5.85. The first kappa shape index (κ1) is 19.5. The van der Waals surface area contributed by atoms with Crippen LogP contribution in [-0.4, -0.2) is 38.4 Å². The highest BCUT2D eigenvalue weighted by Crippen LogP contribution is 2.21. The third-order valence-electron chi connectivity index (χ3n) is 4.59. The minimum atomic E-state index is -0.386. The first-order valence-electron chi connectivity index (χ1n) is 9.26. The number of amides is 2. The zero-order chi connectivity index (χ0) is 19.1. The summed E-state index contributed by atoms with van der Waals surface area (Å²) in [4.78, 5) is 23.4. The number of nitrogens with zero attached hydrogens (tertiary/aromatic N) is 3. The molecule has 146 valence electrons. The average molecular weight is 391 g/mol. The quantitative estimate of drug-likeness (QED) is 0.631. The van der Waals surface area contributed by atoms with Crippen molar-refractivity contribution >= 4 is 23.6 Å². The molecule has 2 aromatic rings. The summed E-state index contributed by atoms with van der Waals surface area (Å²) in [6, 6.07) is 3.97. The van der Waals surface area contributed by atoms with Crippen LogP contribution in [0, 0.1) is 0 Å². The second-order valence-electron chi connectivity index (χ2n) is 6.72. The van der Waals surface area contributed by atoms with Gasteiger partial charge >= 0.3 is 0 Å². The molecule has 2 heterocycles. The van der Waals surface area contributed by atoms with Crippen molar-refractivity contribution in [3.05, 3.63) is 30.0 Å². The van der Waals surface area contributed by atoms with Gasteiger partial charge in [0.2, 0.25) is 11.8 Å². The van der Waals surface area contributed by atoms with E-state index in [1.165, 1.54) is 31.0 Å². The number of aryl methyl sites for hydroxylation is 1. The standard InChI is InChI=1S/C18H25N5O3S/c19-15(24)8-9-16-21-22-18(23(16)11-14-7-4-10-26-14)27-12-17(25)20-13-5-2-1-3-6-13/h4,7,10,13H,1-3,5-6,8-9,11-12H2,(H2,19,24)(H,20,25). The van der Waals surface area contributed by atoms with Crippen molar-refractivity contribution in [3.63, 3.8) is 0 Å². The maximum Gasteiger partial charge on any atom is 0.230 e. The van der Waals surface area contributed by atoms with E-state index in [1.807, 2.05) is 16.7 Å². The highest BCUT2D eigenvalue weighted by atomic mass is 32.2. The number of furan rings is 1. The van der Waals surface area contributed by atoms with Crippen molar-refractivity contribution in [2.75, 3.05) is 5.75 Å². The first-order chi connectivity index (χ1) is 13.1. The molecule has 0 atom stereocenters. The second kappa shape index (κ2) is 9.59. The predicted molar refractivity (Wildman–Crippen MR) is 101 cm³/mol. The summed E-state index contributed by atoms with van der Waals surface area (Å²) in [5.41, 5.74) is 5.25. The van der Waals surface area contributed by atoms with E-state index in [-0.39, 0.29) is 24.0 Å². The lowest BCUT2D eigenvalue weighted by atomic mass is 9.95. The van der Waals surface area contributed by atoms with E-state index in [1.54, 1.807) is 6.26 Å². The summed E-state index contributed by atoms with van der Waals surface area (Å²) >= 11 is 1.34. The summed E-state index contributed by atoms with van der Waals surface area (Å²) < 4.78 is 7.29. The lowest BCUT2D eigenvalue weighted by Gasteiger charge is -2.22. The fourth-order valence-corrected chi connectivity index (χ4v) is 3.98. The molecule has 0 spiro atoms. The van der Waals surface area contributed by atoms with Gasteiger partial charge in [-0.15, -0.1) is 10.2 Å². The maximum absolute atomic E-state index is 12.3. The number of hydrogen-bond donors (Lipinski definition) is 2. The molecule has 8 nitrogen and oxygen atoms in total. The fourth-order valence-electron chi connectivity index (χ4n) is 3.21. The van der Waals surface area contributed by atoms with Gasteiger partial charge in [-0.2, -0.15) is 0 Å². The number of rotatable bonds is 9. The molecule has 3 N–H and O–H groups in total. The SMILES string of the molecule is NC(=O)CCc1nnc(SCC(=O)NC2CCCCC2)n1Cc1ccco1. The van der Waals surface area contributed by atoms with Crippen LogP contribution in [0.25, 0.3) is 0 Å². The van der Waals surface area contributed by atoms with Crippen LogP contribution in [0.1, 0.15) is 50.1 Å². The van der Waals surface area contributed by atoms with Gasteiger partial charge < -0.3 is 15.5 Å². The van der Waals surface area contributed by atoms with Crippen LogP contribution in [0.4, 0.5) is 0 Å². The van der Waals surface area contributed by atoms with E-state index in [0.29, 0.717) is 30.0 Å². The normalized spacial score (nSPS) is 15.0. The molecule has 1 aliphatic carbocycles. The van der Waals surface area contributed by atoms with Crippen LogP contribution >= 0.6 is 11.8 Å². The summed E-state index contributed by atoms with van der Waals surface area (Å²) in [5, 5.41) is 12.1. The number of aromatic nitrogens is 3. The lowest BCUT2D eigenvalue weighted by Crippen LogP contribution is -2.37. The highest BCUT2D eigenvalue weighted by Gasteiger charge is 2.18. The molecule has 3 rings (SSSR count). The van der Waals surface area contributed by atoms with E-state index in [4.69, 9.17) is 10.2 Å². The van der Waals surface area contributed by atoms with Crippen molar-refractivity contribution in [2.24, 2.45) is 5.73 Å². The van der Waals surface area contributed by atoms with Crippen molar-refractivity contribution in [2.45, 2.75) is 62.7 Å². The Balaban J connectivity index is 1.62. The number of hydrogen-bond acceptors (Lipinski definition) is 6. The highest BCUT2D eigenvalue weighted by molar-refractivity contribution is 7.99. The van der Waals surface area contributed by atoms with Gasteiger partial charge in [0.05, 0.1) is 18.6 Å². The predicted octanol–water partition coefficient (Wildman–Crippen LogP) is 1.88. The number of nitrogens with two attached hydrogens (primary N) is 1. The molecular weight excluding hydrogens is 366 g/mol. The average Bonchev–Trinajstić information content (AvgIpc) is 3.30. The van der Waals surface area contributed by atoms with Gasteiger partial charge in [-0.1, -0.05) is 31.0 Å². The zero-order valence-electron chi connectivity index (χ0n) is 15.2. The Morgan fingerprint density at radius 1 is 1.30 bits per heavy atom. The van der Waals surface area contributed by atoms with Crippen LogP contribution in [0.3, 0.4) is 0 Å². The minimum absolute atomic E-state index is 0.0122. The van der Waals surface area contributed by atoms with Crippen molar-refractivity contribution in [1.82, 2.24) is 20.1 Å². The third-order valence-corrected chi connectivity index (χ3v) is 5.55. The Labute approximate surface area is 162 Å². The smallest absolute Gasteiger partial charge is 0.230 e. The zero-order valence-corrected chi connectivity index (χ0v) is 16.0. The van der Waals surface area contributed by atoms with E-state index >= 15 is 0 Å². The maximum atomic E-state index is 12.3. The topological polar surface area (TPSA) is 116 Å². The van der Waals surface area contributed by atoms with E-state index in [2.05, 4.69) is 15.5 Å². The molecule has 0 unspecified atom stereocenters. The summed E-state index contributed by atoms with van der Waals surface area (Å²) in [7, 11) is 0. The second-order valence-corrected chi connectivity index (χ2v) is 7.66. The number of nitrogens with one attached hydrogen (secondary N) is 1. The monoisotopic (exact) mass is 391 g/mol. The number of carbonyl (C=O) groups is 2. The Bertz CT molecular complexity index is 753. The van der Waals surface area contributed by atoms with Crippen molar-refractivity contribution < 1.29 is 14.0 Å². The molecule has 9 heteroatoms. The van der Waals surface area contributed by atoms with Crippen LogP contribution in [-0.2, 0) is 22.6 Å². The largest absolute Gasteiger partial charge is 0.467 e. The van der Waals surface area contributed by atoms with Crippen molar-refractivity contribution in [1.29, 1.82) is 0 Å². The molecule has 1 aliphatic rings. The van der Waals surface area contributed by atoms with Gasteiger partial charge in [0.1, 0.15) is 11.6 Å². The van der Waals surface area contributed by atoms with Crippen LogP contribution in [0.15, 0.2) is 28.0 Å². The molecule has 27 heavy (non-hydrogen) atoms. The van der Waals surface area contributed by atoms with E-state index < -0.39 is 0 Å².